The predicted molar refractivity (Wildman–Crippen MR) is 176 cm³/mol. The molecule has 0 saturated carbocycles. The molecule has 46 heavy (non-hydrogen) atoms. The van der Waals surface area contributed by atoms with Crippen molar-refractivity contribution in [2.45, 2.75) is 26.3 Å². The van der Waals surface area contributed by atoms with E-state index in [2.05, 4.69) is 25.6 Å². The van der Waals surface area contributed by atoms with E-state index in [1.54, 1.807) is 72.8 Å². The number of aryl methyl sites for hydroxylation is 1. The van der Waals surface area contributed by atoms with Crippen LogP contribution in [0.3, 0.4) is 0 Å². The number of carbonyl (C=O) groups is 3. The van der Waals surface area contributed by atoms with Gasteiger partial charge in [0.2, 0.25) is 0 Å². The van der Waals surface area contributed by atoms with Crippen LogP contribution in [-0.4, -0.2) is 56.6 Å². The van der Waals surface area contributed by atoms with Crippen LogP contribution in [0.25, 0.3) is 10.9 Å². The zero-order valence-corrected chi connectivity index (χ0v) is 25.2. The molecule has 230 valence electrons. The highest BCUT2D eigenvalue weighted by molar-refractivity contribution is 6.17. The molecule has 10 nitrogen and oxygen atoms in total. The van der Waals surface area contributed by atoms with Crippen LogP contribution < -0.4 is 10.6 Å². The Morgan fingerprint density at radius 3 is 2.26 bits per heavy atom. The Bertz CT molecular complexity index is 1950. The number of rotatable bonds is 7. The third-order valence-corrected chi connectivity index (χ3v) is 7.98. The van der Waals surface area contributed by atoms with E-state index in [9.17, 15) is 19.5 Å². The molecule has 1 saturated heterocycles. The third-order valence-electron chi connectivity index (χ3n) is 7.98. The first-order chi connectivity index (χ1) is 22.4. The number of nitrogens with zero attached hydrogens (tertiary/aromatic N) is 4. The molecule has 0 aliphatic carbocycles. The van der Waals surface area contributed by atoms with Gasteiger partial charge in [-0.2, -0.15) is 4.99 Å². The summed E-state index contributed by atoms with van der Waals surface area (Å²) < 4.78 is 0. The predicted octanol–water partition coefficient (Wildman–Crippen LogP) is 5.51. The number of carbonyl (C=O) groups excluding carboxylic acids is 3. The van der Waals surface area contributed by atoms with Gasteiger partial charge in [-0.25, -0.2) is 9.97 Å². The average molecular weight is 613 g/mol. The lowest BCUT2D eigenvalue weighted by Crippen LogP contribution is -2.32. The highest BCUT2D eigenvalue weighted by Crippen LogP contribution is 2.28. The third kappa shape index (κ3) is 6.46. The fraction of sp³-hybridized carbons (Fsp3) is 0.167. The Morgan fingerprint density at radius 1 is 0.848 bits per heavy atom. The zero-order valence-electron chi connectivity index (χ0n) is 25.2. The molecule has 0 unspecified atom stereocenters. The van der Waals surface area contributed by atoms with E-state index in [0.717, 1.165) is 36.9 Å². The van der Waals surface area contributed by atoms with Crippen molar-refractivity contribution >= 4 is 40.3 Å². The Balaban J connectivity index is 1.28. The number of phenolic OH excluding ortho intramolecular Hbond substituents is 1. The molecule has 0 spiro atoms. The fourth-order valence-corrected chi connectivity index (χ4v) is 5.47. The number of amides is 3. The summed E-state index contributed by atoms with van der Waals surface area (Å²) in [6, 6.07) is 25.6. The van der Waals surface area contributed by atoms with Crippen LogP contribution in [0, 0.1) is 6.92 Å². The Labute approximate surface area is 265 Å². The van der Waals surface area contributed by atoms with Gasteiger partial charge in [-0.1, -0.05) is 36.4 Å². The van der Waals surface area contributed by atoms with Crippen LogP contribution in [0.15, 0.2) is 102 Å². The van der Waals surface area contributed by atoms with E-state index in [-0.39, 0.29) is 24.0 Å². The van der Waals surface area contributed by atoms with Gasteiger partial charge in [0.25, 0.3) is 17.7 Å². The van der Waals surface area contributed by atoms with E-state index in [0.29, 0.717) is 39.2 Å². The summed E-state index contributed by atoms with van der Waals surface area (Å²) in [5.41, 5.74) is 3.75. The minimum atomic E-state index is -0.526. The van der Waals surface area contributed by atoms with Crippen molar-refractivity contribution in [3.63, 3.8) is 0 Å². The number of aromatic hydroxyl groups is 1. The number of fused-ring (bicyclic) bond motifs is 1. The molecule has 4 aromatic carbocycles. The minimum absolute atomic E-state index is 0.00686. The SMILES string of the molecule is Cc1c(C(=O)N2CCCC2)ccc2c(NCc3cc(C(=NC(=O)c4ccccc4)NC(=O)c4ccccc4)ccc3O)ncnc12. The van der Waals surface area contributed by atoms with E-state index < -0.39 is 11.8 Å². The molecule has 1 fully saturated rings. The van der Waals surface area contributed by atoms with Gasteiger partial charge in [-0.15, -0.1) is 0 Å². The second-order valence-electron chi connectivity index (χ2n) is 11.0. The van der Waals surface area contributed by atoms with Crippen molar-refractivity contribution in [3.8, 4) is 5.75 Å². The second-order valence-corrected chi connectivity index (χ2v) is 11.0. The van der Waals surface area contributed by atoms with Crippen LogP contribution >= 0.6 is 0 Å². The number of aliphatic imine (C=N–C) groups is 1. The molecule has 1 aliphatic rings. The summed E-state index contributed by atoms with van der Waals surface area (Å²) in [7, 11) is 0. The largest absolute Gasteiger partial charge is 0.508 e. The van der Waals surface area contributed by atoms with Crippen LogP contribution in [0.1, 0.15) is 60.6 Å². The number of amidine groups is 1. The average Bonchev–Trinajstić information content (AvgIpc) is 3.64. The Hall–Kier alpha value is -5.90. The lowest BCUT2D eigenvalue weighted by atomic mass is 10.0. The van der Waals surface area contributed by atoms with E-state index in [1.165, 1.54) is 12.4 Å². The molecule has 0 radical (unpaired) electrons. The summed E-state index contributed by atoms with van der Waals surface area (Å²) in [4.78, 5) is 54.3. The zero-order chi connectivity index (χ0) is 32.0. The van der Waals surface area contributed by atoms with Crippen molar-refractivity contribution in [3.05, 3.63) is 131 Å². The van der Waals surface area contributed by atoms with E-state index >= 15 is 0 Å². The number of benzene rings is 4. The van der Waals surface area contributed by atoms with Gasteiger partial charge in [0.05, 0.1) is 5.52 Å². The summed E-state index contributed by atoms with van der Waals surface area (Å²) in [5, 5.41) is 17.5. The Morgan fingerprint density at radius 2 is 1.54 bits per heavy atom. The van der Waals surface area contributed by atoms with Gasteiger partial charge in [0.15, 0.2) is 0 Å². The molecular formula is C36H32N6O4. The van der Waals surface area contributed by atoms with Crippen molar-refractivity contribution < 1.29 is 19.5 Å². The summed E-state index contributed by atoms with van der Waals surface area (Å²) in [6.07, 6.45) is 3.47. The normalized spacial score (nSPS) is 13.1. The molecule has 0 bridgehead atoms. The smallest absolute Gasteiger partial charge is 0.278 e. The number of hydrogen-bond acceptors (Lipinski definition) is 7. The molecule has 10 heteroatoms. The van der Waals surface area contributed by atoms with Gasteiger partial charge < -0.3 is 20.6 Å². The fourth-order valence-electron chi connectivity index (χ4n) is 5.47. The molecule has 5 aromatic rings. The lowest BCUT2D eigenvalue weighted by molar-refractivity contribution is 0.0791. The van der Waals surface area contributed by atoms with Crippen molar-refractivity contribution in [2.24, 2.45) is 4.99 Å². The van der Waals surface area contributed by atoms with Crippen molar-refractivity contribution in [1.29, 1.82) is 0 Å². The number of nitrogens with one attached hydrogen (secondary N) is 2. The number of hydrogen-bond donors (Lipinski definition) is 3. The minimum Gasteiger partial charge on any atom is -0.508 e. The molecular weight excluding hydrogens is 580 g/mol. The number of aromatic nitrogens is 2. The van der Waals surface area contributed by atoms with Crippen LogP contribution in [0.4, 0.5) is 5.82 Å². The molecule has 3 N–H and O–H groups in total. The first-order valence-corrected chi connectivity index (χ1v) is 15.0. The summed E-state index contributed by atoms with van der Waals surface area (Å²) >= 11 is 0. The molecule has 2 heterocycles. The van der Waals surface area contributed by atoms with Crippen molar-refractivity contribution in [2.75, 3.05) is 18.4 Å². The maximum atomic E-state index is 13.1. The highest BCUT2D eigenvalue weighted by atomic mass is 16.3. The topological polar surface area (TPSA) is 137 Å². The lowest BCUT2D eigenvalue weighted by Gasteiger charge is -2.18. The molecule has 1 aliphatic heterocycles. The molecule has 0 atom stereocenters. The standard InChI is InChI=1S/C36H32N6O4/c1-23-28(36(46)42-18-8-9-19-42)15-16-29-31(23)38-22-39-33(29)37-21-27-20-26(14-17-30(27)43)32(40-34(44)24-10-4-2-5-11-24)41-35(45)25-12-6-3-7-13-25/h2-7,10-17,20,22,43H,8-9,18-19,21H2,1H3,(H,37,38,39)(H,40,41,44,45). The first-order valence-electron chi connectivity index (χ1n) is 15.0. The van der Waals surface area contributed by atoms with Gasteiger partial charge in [-0.3, -0.25) is 14.4 Å². The van der Waals surface area contributed by atoms with Gasteiger partial charge >= 0.3 is 0 Å². The number of anilines is 1. The summed E-state index contributed by atoms with van der Waals surface area (Å²) in [5.74, 6) is -0.368. The number of phenols is 1. The maximum Gasteiger partial charge on any atom is 0.278 e. The van der Waals surface area contributed by atoms with E-state index in [1.807, 2.05) is 24.0 Å². The summed E-state index contributed by atoms with van der Waals surface area (Å²) in [6.45, 7) is 3.57. The van der Waals surface area contributed by atoms with Crippen molar-refractivity contribution in [1.82, 2.24) is 20.2 Å². The van der Waals surface area contributed by atoms with Crippen LogP contribution in [-0.2, 0) is 6.54 Å². The maximum absolute atomic E-state index is 13.1. The van der Waals surface area contributed by atoms with E-state index in [4.69, 9.17) is 0 Å². The highest BCUT2D eigenvalue weighted by Gasteiger charge is 2.23. The molecule has 3 amide bonds. The second kappa shape index (κ2) is 13.4. The van der Waals surface area contributed by atoms with Gasteiger partial charge in [0, 0.05) is 52.8 Å². The first kappa shape index (κ1) is 30.1. The van der Waals surface area contributed by atoms with Crippen LogP contribution in [0.5, 0.6) is 5.75 Å². The monoisotopic (exact) mass is 612 g/mol. The van der Waals surface area contributed by atoms with Gasteiger partial charge in [0.1, 0.15) is 23.7 Å². The Kier molecular flexibility index (Phi) is 8.78. The molecule has 6 rings (SSSR count). The number of likely N-dealkylation sites (tertiary alicyclic amines) is 1. The quantitative estimate of drug-likeness (QED) is 0.163. The van der Waals surface area contributed by atoms with Gasteiger partial charge in [-0.05, 0) is 79.9 Å². The van der Waals surface area contributed by atoms with Crippen LogP contribution in [0.2, 0.25) is 0 Å². The molecule has 1 aromatic heterocycles.